The Morgan fingerprint density at radius 3 is 2.29 bits per heavy atom. The molecule has 0 bridgehead atoms. The lowest BCUT2D eigenvalue weighted by molar-refractivity contribution is -0.173. The average molecular weight is 650 g/mol. The van der Waals surface area contributed by atoms with Crippen LogP contribution in [-0.4, -0.2) is 42.2 Å². The highest BCUT2D eigenvalue weighted by Crippen LogP contribution is 2.31. The second kappa shape index (κ2) is 14.7. The standard InChI is InChI=1S/C31H31N5O7S2/c1-5-6-10-22-19-23(15-18-25(22)20-11-8-7-9-12-20)32-26(37)28-34-33-27(44-28)21-13-16-24(17-14-21)36(31(2,3)4)30(39)43-42-29(38)35-45(40)41/h7-9,11-19H,5-6,10H2,1-4H3,(H,32,37). The molecule has 1 aromatic heterocycles. The summed E-state index contributed by atoms with van der Waals surface area (Å²) in [6.07, 6.45) is 0.299. The third-order valence-electron chi connectivity index (χ3n) is 6.43. The lowest BCUT2D eigenvalue weighted by Gasteiger charge is -2.33. The second-order valence-electron chi connectivity index (χ2n) is 10.8. The number of anilines is 2. The van der Waals surface area contributed by atoms with Crippen LogP contribution in [0.15, 0.2) is 77.2 Å². The summed E-state index contributed by atoms with van der Waals surface area (Å²) in [5.74, 6) is -0.381. The molecule has 0 saturated carbocycles. The Kier molecular flexibility index (Phi) is 10.8. The predicted molar refractivity (Wildman–Crippen MR) is 170 cm³/mol. The van der Waals surface area contributed by atoms with Crippen LogP contribution in [0, 0.1) is 0 Å². The van der Waals surface area contributed by atoms with Gasteiger partial charge in [0.25, 0.3) is 5.91 Å². The van der Waals surface area contributed by atoms with Crippen molar-refractivity contribution in [3.05, 3.63) is 83.4 Å². The van der Waals surface area contributed by atoms with Gasteiger partial charge in [-0.2, -0.15) is 8.42 Å². The van der Waals surface area contributed by atoms with E-state index in [1.165, 1.54) is 4.90 Å². The number of aryl methyl sites for hydroxylation is 1. The summed E-state index contributed by atoms with van der Waals surface area (Å²) in [5.41, 5.74) is 4.29. The van der Waals surface area contributed by atoms with Gasteiger partial charge in [-0.1, -0.05) is 65.4 Å². The summed E-state index contributed by atoms with van der Waals surface area (Å²) < 4.78 is 23.6. The summed E-state index contributed by atoms with van der Waals surface area (Å²) in [4.78, 5) is 47.0. The first-order chi connectivity index (χ1) is 21.5. The fraction of sp³-hybridized carbons (Fsp3) is 0.258. The quantitative estimate of drug-likeness (QED) is 0.152. The fourth-order valence-electron chi connectivity index (χ4n) is 4.47. The molecular weight excluding hydrogens is 619 g/mol. The van der Waals surface area contributed by atoms with Crippen molar-refractivity contribution in [2.24, 2.45) is 4.36 Å². The molecule has 0 aliphatic carbocycles. The lowest BCUT2D eigenvalue weighted by Crippen LogP contribution is -2.46. The molecule has 234 valence electrons. The summed E-state index contributed by atoms with van der Waals surface area (Å²) in [6, 6.07) is 22.7. The highest BCUT2D eigenvalue weighted by atomic mass is 32.2. The third-order valence-corrected chi connectivity index (χ3v) is 7.70. The van der Waals surface area contributed by atoms with Crippen LogP contribution in [0.25, 0.3) is 21.7 Å². The van der Waals surface area contributed by atoms with Gasteiger partial charge in [-0.25, -0.2) is 19.4 Å². The van der Waals surface area contributed by atoms with Gasteiger partial charge >= 0.3 is 22.7 Å². The zero-order valence-corrected chi connectivity index (χ0v) is 26.6. The topological polar surface area (TPSA) is 157 Å². The van der Waals surface area contributed by atoms with E-state index in [1.807, 2.05) is 36.4 Å². The van der Waals surface area contributed by atoms with Gasteiger partial charge in [0.15, 0.2) is 0 Å². The van der Waals surface area contributed by atoms with Crippen molar-refractivity contribution >= 4 is 51.3 Å². The van der Waals surface area contributed by atoms with Gasteiger partial charge in [0.1, 0.15) is 5.01 Å². The van der Waals surface area contributed by atoms with Crippen LogP contribution in [0.1, 0.15) is 55.9 Å². The smallest absolute Gasteiger partial charge is 0.320 e. The normalized spacial score (nSPS) is 10.9. The Labute approximate surface area is 265 Å². The van der Waals surface area contributed by atoms with E-state index in [2.05, 4.69) is 48.7 Å². The molecule has 0 unspecified atom stereocenters. The maximum atomic E-state index is 13.1. The van der Waals surface area contributed by atoms with E-state index in [1.54, 1.807) is 45.0 Å². The molecule has 14 heteroatoms. The van der Waals surface area contributed by atoms with Crippen LogP contribution in [0.3, 0.4) is 0 Å². The minimum Gasteiger partial charge on any atom is -0.320 e. The second-order valence-corrected chi connectivity index (χ2v) is 12.4. The predicted octanol–water partition coefficient (Wildman–Crippen LogP) is 7.32. The van der Waals surface area contributed by atoms with Crippen LogP contribution < -0.4 is 10.2 Å². The lowest BCUT2D eigenvalue weighted by atomic mass is 9.95. The summed E-state index contributed by atoms with van der Waals surface area (Å²) in [6.45, 7) is 7.31. The van der Waals surface area contributed by atoms with Crippen molar-refractivity contribution in [2.45, 2.75) is 52.5 Å². The molecule has 1 heterocycles. The number of unbranched alkanes of at least 4 members (excludes halogenated alkanes) is 1. The minimum absolute atomic E-state index is 0.183. The van der Waals surface area contributed by atoms with Crippen LogP contribution in [-0.2, 0) is 26.7 Å². The van der Waals surface area contributed by atoms with Gasteiger partial charge in [0.05, 0.1) is 0 Å². The molecule has 0 radical (unpaired) electrons. The Balaban J connectivity index is 1.48. The van der Waals surface area contributed by atoms with Gasteiger partial charge < -0.3 is 5.32 Å². The number of nitrogens with one attached hydrogen (secondary N) is 1. The maximum Gasteiger partial charge on any atom is 0.490 e. The molecule has 4 rings (SSSR count). The van der Waals surface area contributed by atoms with Gasteiger partial charge in [0.2, 0.25) is 5.01 Å². The van der Waals surface area contributed by atoms with E-state index < -0.39 is 28.2 Å². The number of carbonyl (C=O) groups excluding carboxylic acids is 3. The van der Waals surface area contributed by atoms with E-state index in [4.69, 9.17) is 0 Å². The molecule has 1 N–H and O–H groups in total. The Morgan fingerprint density at radius 1 is 0.933 bits per heavy atom. The highest BCUT2D eigenvalue weighted by Gasteiger charge is 2.31. The zero-order chi connectivity index (χ0) is 32.6. The summed E-state index contributed by atoms with van der Waals surface area (Å²) in [7, 11) is -3.06. The molecule has 45 heavy (non-hydrogen) atoms. The van der Waals surface area contributed by atoms with E-state index >= 15 is 0 Å². The molecule has 0 fully saturated rings. The van der Waals surface area contributed by atoms with Crippen molar-refractivity contribution in [3.63, 3.8) is 0 Å². The molecule has 0 atom stereocenters. The van der Waals surface area contributed by atoms with Gasteiger partial charge in [0, 0.05) is 22.5 Å². The highest BCUT2D eigenvalue weighted by molar-refractivity contribution is 7.62. The van der Waals surface area contributed by atoms with Crippen molar-refractivity contribution in [2.75, 3.05) is 10.2 Å². The number of amides is 3. The molecule has 3 aromatic carbocycles. The number of nitrogens with zero attached hydrogens (tertiary/aromatic N) is 4. The molecule has 0 spiro atoms. The first-order valence-electron chi connectivity index (χ1n) is 13.9. The number of rotatable bonds is 8. The van der Waals surface area contributed by atoms with Crippen molar-refractivity contribution in [3.8, 4) is 21.7 Å². The van der Waals surface area contributed by atoms with E-state index in [9.17, 15) is 22.8 Å². The molecule has 0 saturated heterocycles. The van der Waals surface area contributed by atoms with Crippen LogP contribution >= 0.6 is 11.3 Å². The van der Waals surface area contributed by atoms with E-state index in [0.29, 0.717) is 21.9 Å². The number of benzene rings is 3. The van der Waals surface area contributed by atoms with Crippen LogP contribution in [0.2, 0.25) is 0 Å². The monoisotopic (exact) mass is 649 g/mol. The minimum atomic E-state index is -3.06. The summed E-state index contributed by atoms with van der Waals surface area (Å²) in [5, 5.41) is 11.9. The molecule has 0 aliphatic rings. The number of carbonyl (C=O) groups is 3. The third kappa shape index (κ3) is 8.80. The molecule has 3 amide bonds. The molecular formula is C31H31N5O7S2. The SMILES string of the molecule is CCCCc1cc(NC(=O)c2nnc(-c3ccc(N(C(=O)OOC(=O)N=S(=O)=O)C(C)(C)C)cc3)s2)ccc1-c1ccccc1. The first-order valence-corrected chi connectivity index (χ1v) is 15.8. The number of hydrogen-bond donors (Lipinski definition) is 1. The average Bonchev–Trinajstić information content (AvgIpc) is 3.50. The Hall–Kier alpha value is -4.95. The van der Waals surface area contributed by atoms with Gasteiger partial charge in [-0.15, -0.1) is 10.2 Å². The fourth-order valence-corrected chi connectivity index (χ4v) is 5.36. The van der Waals surface area contributed by atoms with Gasteiger partial charge in [-0.3, -0.25) is 9.69 Å². The first kappa shape index (κ1) is 33.0. The molecule has 0 aliphatic heterocycles. The molecule has 4 aromatic rings. The number of hydrogen-bond acceptors (Lipinski definition) is 10. The zero-order valence-electron chi connectivity index (χ0n) is 25.0. The van der Waals surface area contributed by atoms with E-state index in [-0.39, 0.29) is 10.9 Å². The van der Waals surface area contributed by atoms with Crippen molar-refractivity contribution in [1.82, 2.24) is 10.2 Å². The Bertz CT molecular complexity index is 1810. The van der Waals surface area contributed by atoms with Crippen LogP contribution in [0.4, 0.5) is 21.0 Å². The number of aromatic nitrogens is 2. The summed E-state index contributed by atoms with van der Waals surface area (Å²) >= 11 is 1.12. The maximum absolute atomic E-state index is 13.1. The van der Waals surface area contributed by atoms with Crippen molar-refractivity contribution in [1.29, 1.82) is 0 Å². The van der Waals surface area contributed by atoms with Crippen molar-refractivity contribution < 1.29 is 32.6 Å². The molecule has 12 nitrogen and oxygen atoms in total. The Morgan fingerprint density at radius 2 is 1.64 bits per heavy atom. The van der Waals surface area contributed by atoms with Gasteiger partial charge in [-0.05, 0) is 86.7 Å². The largest absolute Gasteiger partial charge is 0.490 e. The van der Waals surface area contributed by atoms with Crippen LogP contribution in [0.5, 0.6) is 0 Å². The van der Waals surface area contributed by atoms with E-state index in [0.717, 1.165) is 47.3 Å².